The van der Waals surface area contributed by atoms with Gasteiger partial charge in [0.1, 0.15) is 11.0 Å². The van der Waals surface area contributed by atoms with E-state index < -0.39 is 10.0 Å². The molecule has 1 unspecified atom stereocenters. The minimum Gasteiger partial charge on any atom is -0.399 e. The lowest BCUT2D eigenvalue weighted by atomic mass is 9.88. The third-order valence-electron chi connectivity index (χ3n) is 4.41. The third-order valence-corrected chi connectivity index (χ3v) is 5.93. The van der Waals surface area contributed by atoms with E-state index in [1.807, 2.05) is 18.2 Å². The van der Waals surface area contributed by atoms with E-state index in [0.717, 1.165) is 30.4 Å². The molecule has 0 heterocycles. The van der Waals surface area contributed by atoms with Crippen LogP contribution in [0, 0.1) is 18.3 Å². The van der Waals surface area contributed by atoms with Gasteiger partial charge in [0.05, 0.1) is 5.56 Å². The van der Waals surface area contributed by atoms with Gasteiger partial charge in [-0.25, -0.2) is 13.1 Å². The van der Waals surface area contributed by atoms with Gasteiger partial charge < -0.3 is 5.73 Å². The summed E-state index contributed by atoms with van der Waals surface area (Å²) in [7, 11) is -3.78. The van der Waals surface area contributed by atoms with Gasteiger partial charge in [-0.2, -0.15) is 5.26 Å². The van der Waals surface area contributed by atoms with Crippen LogP contribution in [0.15, 0.2) is 41.3 Å². The van der Waals surface area contributed by atoms with Crippen LogP contribution in [-0.4, -0.2) is 8.42 Å². The van der Waals surface area contributed by atoms with Crippen molar-refractivity contribution in [2.24, 2.45) is 0 Å². The van der Waals surface area contributed by atoms with E-state index in [0.29, 0.717) is 11.3 Å². The van der Waals surface area contributed by atoms with Crippen LogP contribution in [0.2, 0.25) is 0 Å². The zero-order valence-corrected chi connectivity index (χ0v) is 14.2. The molecule has 1 atom stereocenters. The summed E-state index contributed by atoms with van der Waals surface area (Å²) in [5, 5.41) is 9.30. The van der Waals surface area contributed by atoms with Crippen molar-refractivity contribution in [3.8, 4) is 6.07 Å². The molecular formula is C18H19N3O2S. The molecule has 5 nitrogen and oxygen atoms in total. The number of sulfonamides is 1. The SMILES string of the molecule is Cc1cccc(S(=O)(=O)NC2CCCc3cc(N)ccc32)c1C#N. The lowest BCUT2D eigenvalue weighted by molar-refractivity contribution is 0.507. The number of fused-ring (bicyclic) bond motifs is 1. The number of benzene rings is 2. The predicted octanol–water partition coefficient (Wildman–Crippen LogP) is 2.80. The number of rotatable bonds is 3. The first-order valence-corrected chi connectivity index (χ1v) is 9.31. The maximum absolute atomic E-state index is 12.8. The average molecular weight is 341 g/mol. The highest BCUT2D eigenvalue weighted by Crippen LogP contribution is 2.32. The highest BCUT2D eigenvalue weighted by atomic mass is 32.2. The van der Waals surface area contributed by atoms with Crippen molar-refractivity contribution in [3.05, 3.63) is 58.7 Å². The zero-order valence-electron chi connectivity index (χ0n) is 13.4. The molecule has 0 bridgehead atoms. The van der Waals surface area contributed by atoms with Gasteiger partial charge in [0, 0.05) is 11.7 Å². The molecule has 3 N–H and O–H groups in total. The number of nitriles is 1. The first-order chi connectivity index (χ1) is 11.4. The van der Waals surface area contributed by atoms with E-state index >= 15 is 0 Å². The number of hydrogen-bond acceptors (Lipinski definition) is 4. The van der Waals surface area contributed by atoms with Gasteiger partial charge in [-0.05, 0) is 61.1 Å². The summed E-state index contributed by atoms with van der Waals surface area (Å²) in [4.78, 5) is 0.0348. The van der Waals surface area contributed by atoms with Crippen LogP contribution in [-0.2, 0) is 16.4 Å². The van der Waals surface area contributed by atoms with Gasteiger partial charge in [0.2, 0.25) is 10.0 Å². The van der Waals surface area contributed by atoms with Crippen LogP contribution in [0.3, 0.4) is 0 Å². The Balaban J connectivity index is 1.98. The Labute approximate surface area is 142 Å². The van der Waals surface area contributed by atoms with E-state index in [2.05, 4.69) is 4.72 Å². The molecule has 0 saturated heterocycles. The maximum atomic E-state index is 12.8. The topological polar surface area (TPSA) is 96.0 Å². The molecule has 0 radical (unpaired) electrons. The second-order valence-electron chi connectivity index (χ2n) is 6.08. The number of anilines is 1. The Morgan fingerprint density at radius 2 is 2.08 bits per heavy atom. The van der Waals surface area contributed by atoms with E-state index in [4.69, 9.17) is 5.73 Å². The molecule has 0 spiro atoms. The first kappa shape index (κ1) is 16.5. The summed E-state index contributed by atoms with van der Waals surface area (Å²) in [5.41, 5.74) is 9.40. The van der Waals surface area contributed by atoms with E-state index in [-0.39, 0.29) is 16.5 Å². The average Bonchev–Trinajstić information content (AvgIpc) is 2.54. The fourth-order valence-corrected chi connectivity index (χ4v) is 4.69. The number of nitrogens with zero attached hydrogens (tertiary/aromatic N) is 1. The Bertz CT molecular complexity index is 930. The molecule has 24 heavy (non-hydrogen) atoms. The van der Waals surface area contributed by atoms with Crippen molar-refractivity contribution in [2.45, 2.75) is 37.1 Å². The fourth-order valence-electron chi connectivity index (χ4n) is 3.22. The van der Waals surface area contributed by atoms with Gasteiger partial charge in [-0.15, -0.1) is 0 Å². The molecule has 0 aliphatic heterocycles. The maximum Gasteiger partial charge on any atom is 0.242 e. The van der Waals surface area contributed by atoms with E-state index in [1.54, 1.807) is 25.1 Å². The minimum atomic E-state index is -3.78. The van der Waals surface area contributed by atoms with Gasteiger partial charge in [0.15, 0.2) is 0 Å². The minimum absolute atomic E-state index is 0.0348. The molecule has 2 aromatic rings. The van der Waals surface area contributed by atoms with Gasteiger partial charge in [-0.1, -0.05) is 18.2 Å². The number of aryl methyl sites for hydroxylation is 2. The number of hydrogen-bond donors (Lipinski definition) is 2. The van der Waals surface area contributed by atoms with E-state index in [1.165, 1.54) is 6.07 Å². The Kier molecular flexibility index (Phi) is 4.31. The summed E-state index contributed by atoms with van der Waals surface area (Å²) in [6.45, 7) is 1.73. The van der Waals surface area contributed by atoms with Crippen molar-refractivity contribution in [1.29, 1.82) is 5.26 Å². The van der Waals surface area contributed by atoms with Crippen LogP contribution in [0.1, 0.15) is 41.1 Å². The summed E-state index contributed by atoms with van der Waals surface area (Å²) in [6, 6.07) is 12.1. The monoisotopic (exact) mass is 341 g/mol. The van der Waals surface area contributed by atoms with Crippen LogP contribution >= 0.6 is 0 Å². The molecular weight excluding hydrogens is 322 g/mol. The zero-order chi connectivity index (χ0) is 17.3. The lowest BCUT2D eigenvalue weighted by Gasteiger charge is -2.26. The molecule has 0 amide bonds. The summed E-state index contributed by atoms with van der Waals surface area (Å²) < 4.78 is 28.4. The van der Waals surface area contributed by atoms with Gasteiger partial charge in [0.25, 0.3) is 0 Å². The van der Waals surface area contributed by atoms with Crippen molar-refractivity contribution in [3.63, 3.8) is 0 Å². The standard InChI is InChI=1S/C18H19N3O2S/c1-12-4-2-7-18(16(12)11-19)24(22,23)21-17-6-3-5-13-10-14(20)8-9-15(13)17/h2,4,7-10,17,21H,3,5-6,20H2,1H3. The highest BCUT2D eigenvalue weighted by Gasteiger charge is 2.27. The third kappa shape index (κ3) is 3.01. The molecule has 0 saturated carbocycles. The molecule has 0 aromatic heterocycles. The Hall–Kier alpha value is -2.36. The second kappa shape index (κ2) is 6.27. The molecule has 2 aromatic carbocycles. The fraction of sp³-hybridized carbons (Fsp3) is 0.278. The molecule has 1 aliphatic carbocycles. The summed E-state index contributed by atoms with van der Waals surface area (Å²) >= 11 is 0. The molecule has 6 heteroatoms. The number of nitrogens with two attached hydrogens (primary N) is 1. The summed E-state index contributed by atoms with van der Waals surface area (Å²) in [6.07, 6.45) is 2.51. The number of nitrogen functional groups attached to an aromatic ring is 1. The van der Waals surface area contributed by atoms with Crippen molar-refractivity contribution in [2.75, 3.05) is 5.73 Å². The first-order valence-electron chi connectivity index (χ1n) is 7.83. The van der Waals surface area contributed by atoms with Crippen LogP contribution < -0.4 is 10.5 Å². The number of nitrogens with one attached hydrogen (secondary N) is 1. The van der Waals surface area contributed by atoms with Crippen LogP contribution in [0.4, 0.5) is 5.69 Å². The van der Waals surface area contributed by atoms with Crippen molar-refractivity contribution < 1.29 is 8.42 Å². The van der Waals surface area contributed by atoms with Crippen LogP contribution in [0.5, 0.6) is 0 Å². The van der Waals surface area contributed by atoms with Gasteiger partial charge in [-0.3, -0.25) is 0 Å². The Morgan fingerprint density at radius 1 is 1.29 bits per heavy atom. The molecule has 3 rings (SSSR count). The highest BCUT2D eigenvalue weighted by molar-refractivity contribution is 7.89. The van der Waals surface area contributed by atoms with Gasteiger partial charge >= 0.3 is 0 Å². The van der Waals surface area contributed by atoms with Crippen molar-refractivity contribution in [1.82, 2.24) is 4.72 Å². The molecule has 124 valence electrons. The lowest BCUT2D eigenvalue weighted by Crippen LogP contribution is -2.31. The predicted molar refractivity (Wildman–Crippen MR) is 92.7 cm³/mol. The molecule has 1 aliphatic rings. The second-order valence-corrected chi connectivity index (χ2v) is 7.77. The Morgan fingerprint density at radius 3 is 2.83 bits per heavy atom. The summed E-state index contributed by atoms with van der Waals surface area (Å²) in [5.74, 6) is 0. The van der Waals surface area contributed by atoms with E-state index in [9.17, 15) is 13.7 Å². The normalized spacial score (nSPS) is 17.1. The smallest absolute Gasteiger partial charge is 0.242 e. The van der Waals surface area contributed by atoms with Crippen LogP contribution in [0.25, 0.3) is 0 Å². The molecule has 0 fully saturated rings. The quantitative estimate of drug-likeness (QED) is 0.839. The van der Waals surface area contributed by atoms with Crippen molar-refractivity contribution >= 4 is 15.7 Å². The largest absolute Gasteiger partial charge is 0.399 e.